The van der Waals surface area contributed by atoms with Crippen molar-refractivity contribution >= 4 is 22.9 Å². The molecule has 0 aromatic heterocycles. The highest BCUT2D eigenvalue weighted by atomic mass is 32.1. The van der Waals surface area contributed by atoms with Crippen LogP contribution in [0.1, 0.15) is 21.5 Å². The second-order valence-electron chi connectivity index (χ2n) is 4.03. The lowest BCUT2D eigenvalue weighted by molar-refractivity contribution is 0.106. The highest BCUT2D eigenvalue weighted by molar-refractivity contribution is 7.82. The van der Waals surface area contributed by atoms with E-state index in [-0.39, 0.29) is 16.5 Å². The molecule has 0 aliphatic carbocycles. The lowest BCUT2D eigenvalue weighted by Gasteiger charge is -2.04. The fourth-order valence-corrected chi connectivity index (χ4v) is 1.82. The second-order valence-corrected chi connectivity index (χ2v) is 4.44. The number of thiocarbonyl (C=S) groups is 1. The first-order chi connectivity index (χ1) is 8.58. The molecule has 0 saturated carbocycles. The van der Waals surface area contributed by atoms with Crippen LogP contribution < -0.4 is 0 Å². The topological polar surface area (TPSA) is 17.1 Å². The number of carbonyl (C=O) groups is 1. The third-order valence-corrected chi connectivity index (χ3v) is 3.05. The van der Waals surface area contributed by atoms with E-state index < -0.39 is 0 Å². The summed E-state index contributed by atoms with van der Waals surface area (Å²) in [5, 5.41) is 0. The van der Waals surface area contributed by atoms with Crippen LogP contribution >= 0.6 is 12.2 Å². The minimum absolute atomic E-state index is 0.207. The number of hydrogen-bond acceptors (Lipinski definition) is 2. The van der Waals surface area contributed by atoms with Gasteiger partial charge in [0, 0.05) is 5.56 Å². The summed E-state index contributed by atoms with van der Waals surface area (Å²) in [5.74, 6) is -0.555. The van der Waals surface area contributed by atoms with E-state index in [1.807, 2.05) is 19.1 Å². The van der Waals surface area contributed by atoms with Gasteiger partial charge in [0.2, 0.25) is 5.78 Å². The maximum atomic E-state index is 12.8. The number of aryl methyl sites for hydroxylation is 1. The fourth-order valence-electron chi connectivity index (χ4n) is 1.57. The number of ketones is 1. The van der Waals surface area contributed by atoms with Crippen molar-refractivity contribution in [3.05, 3.63) is 71.0 Å². The van der Waals surface area contributed by atoms with Crippen LogP contribution in [0.5, 0.6) is 0 Å². The summed E-state index contributed by atoms with van der Waals surface area (Å²) in [5.41, 5.74) is 2.20. The molecule has 2 rings (SSSR count). The molecule has 0 aliphatic rings. The first-order valence-electron chi connectivity index (χ1n) is 5.49. The second kappa shape index (κ2) is 5.19. The van der Waals surface area contributed by atoms with Gasteiger partial charge in [-0.15, -0.1) is 0 Å². The van der Waals surface area contributed by atoms with Crippen molar-refractivity contribution in [1.82, 2.24) is 0 Å². The summed E-state index contributed by atoms with van der Waals surface area (Å²) in [6.07, 6.45) is 0. The zero-order valence-corrected chi connectivity index (χ0v) is 10.6. The Labute approximate surface area is 110 Å². The number of hydrogen-bond donors (Lipinski definition) is 0. The van der Waals surface area contributed by atoms with E-state index in [4.69, 9.17) is 12.2 Å². The van der Waals surface area contributed by atoms with Crippen molar-refractivity contribution < 1.29 is 9.18 Å². The lowest BCUT2D eigenvalue weighted by Crippen LogP contribution is -2.13. The molecule has 0 saturated heterocycles. The molecule has 0 atom stereocenters. The molecule has 0 spiro atoms. The van der Waals surface area contributed by atoms with Gasteiger partial charge in [-0.3, -0.25) is 4.79 Å². The van der Waals surface area contributed by atoms with E-state index in [1.165, 1.54) is 24.3 Å². The summed E-state index contributed by atoms with van der Waals surface area (Å²) in [6, 6.07) is 12.8. The van der Waals surface area contributed by atoms with Gasteiger partial charge in [0.1, 0.15) is 5.82 Å². The molecule has 0 fully saturated rings. The molecule has 2 aromatic carbocycles. The Balaban J connectivity index is 2.26. The maximum absolute atomic E-state index is 12.8. The third kappa shape index (κ3) is 2.68. The monoisotopic (exact) mass is 258 g/mol. The Morgan fingerprint density at radius 2 is 1.44 bits per heavy atom. The highest BCUT2D eigenvalue weighted by Gasteiger charge is 2.13. The summed E-state index contributed by atoms with van der Waals surface area (Å²) in [6.45, 7) is 1.95. The minimum Gasteiger partial charge on any atom is -0.288 e. The van der Waals surface area contributed by atoms with Crippen LogP contribution in [0.25, 0.3) is 0 Å². The van der Waals surface area contributed by atoms with Crippen LogP contribution in [0.2, 0.25) is 0 Å². The van der Waals surface area contributed by atoms with Crippen LogP contribution in [0.15, 0.2) is 48.5 Å². The number of halogens is 1. The highest BCUT2D eigenvalue weighted by Crippen LogP contribution is 2.11. The van der Waals surface area contributed by atoms with Crippen molar-refractivity contribution in [2.45, 2.75) is 6.92 Å². The fraction of sp³-hybridized carbons (Fsp3) is 0.0667. The third-order valence-electron chi connectivity index (χ3n) is 2.63. The Bertz CT molecular complexity index is 529. The summed E-state index contributed by atoms with van der Waals surface area (Å²) >= 11 is 5.13. The van der Waals surface area contributed by atoms with Crippen LogP contribution in [0, 0.1) is 12.7 Å². The largest absolute Gasteiger partial charge is 0.288 e. The molecule has 2 aromatic rings. The van der Waals surface area contributed by atoms with Gasteiger partial charge in [-0.2, -0.15) is 0 Å². The van der Waals surface area contributed by atoms with Gasteiger partial charge in [-0.1, -0.05) is 54.2 Å². The Morgan fingerprint density at radius 3 is 2.00 bits per heavy atom. The quantitative estimate of drug-likeness (QED) is 0.616. The van der Waals surface area contributed by atoms with Gasteiger partial charge in [0.15, 0.2) is 0 Å². The zero-order valence-electron chi connectivity index (χ0n) is 9.81. The standard InChI is InChI=1S/C15H11FOS/c1-10-2-4-11(5-3-10)14(17)15(18)12-6-8-13(16)9-7-12/h2-9H,1H3. The van der Waals surface area contributed by atoms with E-state index in [0.29, 0.717) is 11.1 Å². The van der Waals surface area contributed by atoms with E-state index in [2.05, 4.69) is 0 Å². The van der Waals surface area contributed by atoms with Crippen LogP contribution in [0.3, 0.4) is 0 Å². The summed E-state index contributed by atoms with van der Waals surface area (Å²) < 4.78 is 12.8. The molecule has 0 aliphatic heterocycles. The predicted molar refractivity (Wildman–Crippen MR) is 73.6 cm³/mol. The SMILES string of the molecule is Cc1ccc(C(=O)C(=S)c2ccc(F)cc2)cc1. The number of Topliss-reactive ketones (excluding diaryl/α,β-unsaturated/α-hetero) is 1. The van der Waals surface area contributed by atoms with E-state index in [9.17, 15) is 9.18 Å². The molecule has 0 radical (unpaired) electrons. The molecule has 0 unspecified atom stereocenters. The number of benzene rings is 2. The molecule has 0 N–H and O–H groups in total. The van der Waals surface area contributed by atoms with Gasteiger partial charge in [0.05, 0.1) is 4.86 Å². The van der Waals surface area contributed by atoms with Crippen molar-refractivity contribution in [1.29, 1.82) is 0 Å². The molecule has 1 nitrogen and oxygen atoms in total. The van der Waals surface area contributed by atoms with Gasteiger partial charge < -0.3 is 0 Å². The average Bonchev–Trinajstić information content (AvgIpc) is 2.39. The zero-order chi connectivity index (χ0) is 13.1. The van der Waals surface area contributed by atoms with Gasteiger partial charge in [0.25, 0.3) is 0 Å². The maximum Gasteiger partial charge on any atom is 0.204 e. The Kier molecular flexibility index (Phi) is 3.63. The molecule has 0 heterocycles. The average molecular weight is 258 g/mol. The first kappa shape index (κ1) is 12.6. The van der Waals surface area contributed by atoms with Crippen molar-refractivity contribution in [2.24, 2.45) is 0 Å². The van der Waals surface area contributed by atoms with Gasteiger partial charge in [-0.05, 0) is 24.6 Å². The van der Waals surface area contributed by atoms with Crippen LogP contribution in [-0.2, 0) is 0 Å². The van der Waals surface area contributed by atoms with E-state index in [1.54, 1.807) is 12.1 Å². The van der Waals surface area contributed by atoms with Crippen LogP contribution in [-0.4, -0.2) is 10.6 Å². The first-order valence-corrected chi connectivity index (χ1v) is 5.90. The predicted octanol–water partition coefficient (Wildman–Crippen LogP) is 3.74. The summed E-state index contributed by atoms with van der Waals surface area (Å²) in [4.78, 5) is 12.3. The Morgan fingerprint density at radius 1 is 0.944 bits per heavy atom. The number of carbonyl (C=O) groups excluding carboxylic acids is 1. The molecule has 0 amide bonds. The molecular weight excluding hydrogens is 247 g/mol. The van der Waals surface area contributed by atoms with Gasteiger partial charge >= 0.3 is 0 Å². The normalized spacial score (nSPS) is 10.1. The molecule has 3 heteroatoms. The smallest absolute Gasteiger partial charge is 0.204 e. The summed E-state index contributed by atoms with van der Waals surface area (Å²) in [7, 11) is 0. The number of rotatable bonds is 3. The van der Waals surface area contributed by atoms with Crippen molar-refractivity contribution in [3.8, 4) is 0 Å². The Hall–Kier alpha value is -1.87. The minimum atomic E-state index is -0.343. The van der Waals surface area contributed by atoms with E-state index in [0.717, 1.165) is 5.56 Å². The lowest BCUT2D eigenvalue weighted by atomic mass is 10.0. The van der Waals surface area contributed by atoms with Crippen molar-refractivity contribution in [3.63, 3.8) is 0 Å². The van der Waals surface area contributed by atoms with Crippen molar-refractivity contribution in [2.75, 3.05) is 0 Å². The van der Waals surface area contributed by atoms with Crippen LogP contribution in [0.4, 0.5) is 4.39 Å². The molecular formula is C15H11FOS. The molecule has 0 bridgehead atoms. The van der Waals surface area contributed by atoms with Gasteiger partial charge in [-0.25, -0.2) is 4.39 Å². The molecule has 18 heavy (non-hydrogen) atoms. The van der Waals surface area contributed by atoms with E-state index >= 15 is 0 Å². The molecule has 90 valence electrons.